The lowest BCUT2D eigenvalue weighted by molar-refractivity contribution is -0.385. The van der Waals surface area contributed by atoms with Gasteiger partial charge in [-0.3, -0.25) is 19.8 Å². The molecule has 24 heavy (non-hydrogen) atoms. The molecule has 1 fully saturated rings. The number of nitro groups is 1. The summed E-state index contributed by atoms with van der Waals surface area (Å²) < 4.78 is 5.06. The number of hydrogen-bond donors (Lipinski definition) is 1. The monoisotopic (exact) mass is 335 g/mol. The molecule has 7 nitrogen and oxygen atoms in total. The summed E-state index contributed by atoms with van der Waals surface area (Å²) in [6, 6.07) is 2.92. The summed E-state index contributed by atoms with van der Waals surface area (Å²) in [7, 11) is 1.37. The molecule has 1 aromatic carbocycles. The average molecular weight is 335 g/mol. The molecule has 7 heteroatoms. The molecule has 2 rings (SSSR count). The number of carbonyl (C=O) groups excluding carboxylic acids is 1. The van der Waals surface area contributed by atoms with E-state index in [2.05, 4.69) is 24.1 Å². The van der Waals surface area contributed by atoms with E-state index in [1.807, 2.05) is 0 Å². The van der Waals surface area contributed by atoms with Crippen molar-refractivity contribution in [1.82, 2.24) is 4.90 Å². The van der Waals surface area contributed by atoms with E-state index in [1.54, 1.807) is 6.92 Å². The fourth-order valence-corrected chi connectivity index (χ4v) is 3.43. The van der Waals surface area contributed by atoms with E-state index in [0.29, 0.717) is 29.6 Å². The number of ether oxygens (including phenoxy) is 1. The number of nitrogens with one attached hydrogen (secondary N) is 1. The van der Waals surface area contributed by atoms with Gasteiger partial charge in [-0.1, -0.05) is 13.8 Å². The lowest BCUT2D eigenvalue weighted by Crippen LogP contribution is -2.42. The number of likely N-dealkylation sites (tertiary alicyclic amines) is 1. The Hall–Kier alpha value is -2.15. The molecule has 132 valence electrons. The quantitative estimate of drug-likeness (QED) is 0.660. The van der Waals surface area contributed by atoms with Crippen LogP contribution in [-0.2, 0) is 4.79 Å². The van der Waals surface area contributed by atoms with Gasteiger partial charge in [-0.15, -0.1) is 0 Å². The number of carbonyl (C=O) groups is 1. The molecule has 1 amide bonds. The predicted molar refractivity (Wildman–Crippen MR) is 92.4 cm³/mol. The van der Waals surface area contributed by atoms with Crippen molar-refractivity contribution in [3.63, 3.8) is 0 Å². The third kappa shape index (κ3) is 4.44. The zero-order chi connectivity index (χ0) is 17.9. The van der Waals surface area contributed by atoms with Gasteiger partial charge in [0.2, 0.25) is 5.91 Å². The van der Waals surface area contributed by atoms with Gasteiger partial charge in [0.15, 0.2) is 5.75 Å². The Morgan fingerprint density at radius 2 is 2.00 bits per heavy atom. The van der Waals surface area contributed by atoms with Gasteiger partial charge in [-0.2, -0.15) is 0 Å². The fraction of sp³-hybridized carbons (Fsp3) is 0.588. The number of benzene rings is 1. The highest BCUT2D eigenvalue weighted by atomic mass is 16.6. The highest BCUT2D eigenvalue weighted by Gasteiger charge is 2.24. The summed E-state index contributed by atoms with van der Waals surface area (Å²) in [6.07, 6.45) is 1.19. The largest absolute Gasteiger partial charge is 0.490 e. The molecule has 0 unspecified atom stereocenters. The summed E-state index contributed by atoms with van der Waals surface area (Å²) in [5.41, 5.74) is 1.07. The minimum absolute atomic E-state index is 0.105. The lowest BCUT2D eigenvalue weighted by Gasteiger charge is -2.34. The summed E-state index contributed by atoms with van der Waals surface area (Å²) in [5.74, 6) is 1.20. The number of amides is 1. The summed E-state index contributed by atoms with van der Waals surface area (Å²) in [4.78, 5) is 25.0. The maximum absolute atomic E-state index is 12.3. The smallest absolute Gasteiger partial charge is 0.311 e. The van der Waals surface area contributed by atoms with Crippen LogP contribution in [0.3, 0.4) is 0 Å². The SMILES string of the molecule is COc1cc(NC(=O)CN2C[C@@H](C)C[C@H](C)C2)c(C)cc1[N+](=O)[O-]. The Morgan fingerprint density at radius 1 is 1.38 bits per heavy atom. The molecular weight excluding hydrogens is 310 g/mol. The molecule has 0 aromatic heterocycles. The number of nitro benzene ring substituents is 1. The van der Waals surface area contributed by atoms with Crippen LogP contribution in [0.15, 0.2) is 12.1 Å². The first kappa shape index (κ1) is 18.2. The van der Waals surface area contributed by atoms with Crippen molar-refractivity contribution in [3.8, 4) is 5.75 Å². The molecule has 2 atom stereocenters. The van der Waals surface area contributed by atoms with Crippen molar-refractivity contribution in [2.45, 2.75) is 27.2 Å². The van der Waals surface area contributed by atoms with Gasteiger partial charge >= 0.3 is 5.69 Å². The first-order chi connectivity index (χ1) is 11.3. The standard InChI is InChI=1S/C17H25N3O4/c1-11-5-12(2)9-19(8-11)10-17(21)18-14-7-16(24-4)15(20(22)23)6-13(14)3/h6-7,11-12H,5,8-10H2,1-4H3,(H,18,21)/t11-,12-/m0/s1. The Labute approximate surface area is 142 Å². The minimum atomic E-state index is -0.492. The number of nitrogens with zero attached hydrogens (tertiary/aromatic N) is 2. The third-order valence-electron chi connectivity index (χ3n) is 4.31. The topological polar surface area (TPSA) is 84.7 Å². The predicted octanol–water partition coefficient (Wildman–Crippen LogP) is 2.83. The molecule has 1 aliphatic heterocycles. The minimum Gasteiger partial charge on any atom is -0.490 e. The van der Waals surface area contributed by atoms with Gasteiger partial charge < -0.3 is 10.1 Å². The molecule has 1 aliphatic rings. The Kier molecular flexibility index (Phi) is 5.77. The van der Waals surface area contributed by atoms with E-state index < -0.39 is 4.92 Å². The summed E-state index contributed by atoms with van der Waals surface area (Å²) >= 11 is 0. The van der Waals surface area contributed by atoms with Crippen molar-refractivity contribution in [2.24, 2.45) is 11.8 Å². The molecular formula is C17H25N3O4. The number of methoxy groups -OCH3 is 1. The van der Waals surface area contributed by atoms with Crippen LogP contribution < -0.4 is 10.1 Å². The van der Waals surface area contributed by atoms with Crippen LogP contribution in [0.4, 0.5) is 11.4 Å². The number of aryl methyl sites for hydroxylation is 1. The van der Waals surface area contributed by atoms with Crippen LogP contribution >= 0.6 is 0 Å². The molecule has 1 aromatic rings. The number of hydrogen-bond acceptors (Lipinski definition) is 5. The van der Waals surface area contributed by atoms with Crippen molar-refractivity contribution in [3.05, 3.63) is 27.8 Å². The molecule has 0 aliphatic carbocycles. The van der Waals surface area contributed by atoms with Gasteiger partial charge in [0, 0.05) is 30.9 Å². The van der Waals surface area contributed by atoms with E-state index in [1.165, 1.54) is 25.7 Å². The lowest BCUT2D eigenvalue weighted by atomic mass is 9.92. The normalized spacial score (nSPS) is 21.3. The molecule has 1 saturated heterocycles. The zero-order valence-electron chi connectivity index (χ0n) is 14.7. The molecule has 0 bridgehead atoms. The second-order valence-corrected chi connectivity index (χ2v) is 6.78. The van der Waals surface area contributed by atoms with Gasteiger partial charge in [-0.25, -0.2) is 0 Å². The number of rotatable bonds is 5. The van der Waals surface area contributed by atoms with Crippen molar-refractivity contribution < 1.29 is 14.5 Å². The Morgan fingerprint density at radius 3 is 2.54 bits per heavy atom. The fourth-order valence-electron chi connectivity index (χ4n) is 3.43. The second-order valence-electron chi connectivity index (χ2n) is 6.78. The van der Waals surface area contributed by atoms with Crippen LogP contribution in [0.5, 0.6) is 5.75 Å². The molecule has 1 N–H and O–H groups in total. The number of anilines is 1. The average Bonchev–Trinajstić information content (AvgIpc) is 2.47. The third-order valence-corrected chi connectivity index (χ3v) is 4.31. The van der Waals surface area contributed by atoms with Gasteiger partial charge in [0.05, 0.1) is 18.6 Å². The van der Waals surface area contributed by atoms with Gasteiger partial charge in [0.1, 0.15) is 0 Å². The zero-order valence-corrected chi connectivity index (χ0v) is 14.7. The van der Waals surface area contributed by atoms with Gasteiger partial charge in [-0.05, 0) is 30.7 Å². The summed E-state index contributed by atoms with van der Waals surface area (Å²) in [6.45, 7) is 8.29. The molecule has 1 heterocycles. The Balaban J connectivity index is 2.07. The van der Waals surface area contributed by atoms with E-state index in [0.717, 1.165) is 13.1 Å². The van der Waals surface area contributed by atoms with Crippen molar-refractivity contribution >= 4 is 17.3 Å². The maximum Gasteiger partial charge on any atom is 0.311 e. The van der Waals surface area contributed by atoms with Crippen LogP contribution in [0.2, 0.25) is 0 Å². The van der Waals surface area contributed by atoms with Crippen molar-refractivity contribution in [1.29, 1.82) is 0 Å². The Bertz CT molecular complexity index is 623. The second kappa shape index (κ2) is 7.61. The summed E-state index contributed by atoms with van der Waals surface area (Å²) in [5, 5.41) is 13.9. The van der Waals surface area contributed by atoms with E-state index in [4.69, 9.17) is 4.74 Å². The highest BCUT2D eigenvalue weighted by Crippen LogP contribution is 2.32. The highest BCUT2D eigenvalue weighted by molar-refractivity contribution is 5.93. The van der Waals surface area contributed by atoms with Crippen molar-refractivity contribution in [2.75, 3.05) is 32.1 Å². The molecule has 0 radical (unpaired) electrons. The molecule has 0 spiro atoms. The van der Waals surface area contributed by atoms with Crippen LogP contribution in [0, 0.1) is 28.9 Å². The van der Waals surface area contributed by atoms with Gasteiger partial charge in [0.25, 0.3) is 0 Å². The maximum atomic E-state index is 12.3. The first-order valence-corrected chi connectivity index (χ1v) is 8.15. The van der Waals surface area contributed by atoms with Crippen LogP contribution in [0.25, 0.3) is 0 Å². The van der Waals surface area contributed by atoms with Crippen LogP contribution in [-0.4, -0.2) is 42.5 Å². The van der Waals surface area contributed by atoms with E-state index in [9.17, 15) is 14.9 Å². The van der Waals surface area contributed by atoms with E-state index >= 15 is 0 Å². The van der Waals surface area contributed by atoms with E-state index in [-0.39, 0.29) is 17.3 Å². The van der Waals surface area contributed by atoms with Crippen LogP contribution in [0.1, 0.15) is 25.8 Å². The first-order valence-electron chi connectivity index (χ1n) is 8.15. The number of piperidine rings is 1. The molecule has 0 saturated carbocycles.